The third kappa shape index (κ3) is 4.79. The van der Waals surface area contributed by atoms with Crippen molar-refractivity contribution in [3.8, 4) is 5.75 Å². The van der Waals surface area contributed by atoms with Gasteiger partial charge in [0, 0.05) is 25.3 Å². The van der Waals surface area contributed by atoms with Crippen molar-refractivity contribution in [1.82, 2.24) is 14.3 Å². The summed E-state index contributed by atoms with van der Waals surface area (Å²) in [7, 11) is 2.10. The fourth-order valence-corrected chi connectivity index (χ4v) is 4.16. The number of pyridine rings is 1. The number of nitrogens with one attached hydrogen (secondary N) is 1. The Labute approximate surface area is 179 Å². The van der Waals surface area contributed by atoms with E-state index >= 15 is 0 Å². The van der Waals surface area contributed by atoms with Gasteiger partial charge >= 0.3 is 0 Å². The molecule has 1 aromatic carbocycles. The van der Waals surface area contributed by atoms with Crippen LogP contribution in [0.5, 0.6) is 5.75 Å². The maximum atomic E-state index is 12.6. The van der Waals surface area contributed by atoms with Gasteiger partial charge in [-0.15, -0.1) is 0 Å². The quantitative estimate of drug-likeness (QED) is 0.618. The Morgan fingerprint density at radius 3 is 2.59 bits per heavy atom. The van der Waals surface area contributed by atoms with Crippen LogP contribution >= 0.6 is 15.9 Å². The van der Waals surface area contributed by atoms with Crippen LogP contribution < -0.4 is 10.9 Å². The molecule has 29 heavy (non-hydrogen) atoms. The molecule has 2 atom stereocenters. The fourth-order valence-electron chi connectivity index (χ4n) is 3.77. The standard InChI is InChI=1S/C20H21BrN4O2.C2H6/c1-24-11-14(13-5-7-16(26)8-6-13)10-15(12-24)22-19-18(21)20(27)25-9-3-2-4-17(25)23-19;1-2/h2-9,14-15,22,26H,10-12H2,1H3;1-2H3/t14-,15?;/m0./s1. The molecule has 6 nitrogen and oxygen atoms in total. The van der Waals surface area contributed by atoms with E-state index in [4.69, 9.17) is 0 Å². The molecule has 0 spiro atoms. The summed E-state index contributed by atoms with van der Waals surface area (Å²) in [6, 6.07) is 13.1. The normalized spacial score (nSPS) is 19.4. The van der Waals surface area contributed by atoms with Crippen LogP contribution in [0.3, 0.4) is 0 Å². The van der Waals surface area contributed by atoms with E-state index in [1.165, 1.54) is 9.96 Å². The molecule has 0 aliphatic carbocycles. The Morgan fingerprint density at radius 2 is 1.86 bits per heavy atom. The summed E-state index contributed by atoms with van der Waals surface area (Å²) in [6.45, 7) is 5.83. The van der Waals surface area contributed by atoms with Crippen molar-refractivity contribution in [1.29, 1.82) is 0 Å². The highest BCUT2D eigenvalue weighted by molar-refractivity contribution is 9.10. The van der Waals surface area contributed by atoms with Gasteiger partial charge in [0.15, 0.2) is 0 Å². The van der Waals surface area contributed by atoms with Crippen LogP contribution in [0.25, 0.3) is 5.65 Å². The number of hydrogen-bond donors (Lipinski definition) is 2. The topological polar surface area (TPSA) is 69.9 Å². The molecule has 0 radical (unpaired) electrons. The van der Waals surface area contributed by atoms with Crippen molar-refractivity contribution in [2.75, 3.05) is 25.5 Å². The maximum Gasteiger partial charge on any atom is 0.274 e. The van der Waals surface area contributed by atoms with Crippen LogP contribution in [0.2, 0.25) is 0 Å². The zero-order chi connectivity index (χ0) is 21.0. The van der Waals surface area contributed by atoms with E-state index in [9.17, 15) is 9.90 Å². The van der Waals surface area contributed by atoms with Gasteiger partial charge in [-0.3, -0.25) is 9.20 Å². The van der Waals surface area contributed by atoms with E-state index in [0.29, 0.717) is 21.9 Å². The zero-order valence-corrected chi connectivity index (χ0v) is 18.6. The molecule has 3 heterocycles. The lowest BCUT2D eigenvalue weighted by Gasteiger charge is -2.36. The minimum Gasteiger partial charge on any atom is -0.508 e. The van der Waals surface area contributed by atoms with E-state index in [1.54, 1.807) is 18.3 Å². The van der Waals surface area contributed by atoms with Gasteiger partial charge in [0.1, 0.15) is 21.7 Å². The van der Waals surface area contributed by atoms with Gasteiger partial charge in [-0.1, -0.05) is 32.0 Å². The summed E-state index contributed by atoms with van der Waals surface area (Å²) in [6.07, 6.45) is 2.64. The molecule has 2 N–H and O–H groups in total. The number of anilines is 1. The monoisotopic (exact) mass is 458 g/mol. The van der Waals surface area contributed by atoms with Crippen molar-refractivity contribution in [2.45, 2.75) is 32.2 Å². The molecular weight excluding hydrogens is 432 g/mol. The number of benzene rings is 1. The number of aromatic hydroxyl groups is 1. The predicted octanol–water partition coefficient (Wildman–Crippen LogP) is 4.09. The molecule has 1 aliphatic rings. The van der Waals surface area contributed by atoms with Gasteiger partial charge in [0.25, 0.3) is 5.56 Å². The number of rotatable bonds is 3. The SMILES string of the molecule is CC.CN1CC(Nc2nc3ccccn3c(=O)c2Br)C[C@H](c2ccc(O)cc2)C1. The van der Waals surface area contributed by atoms with Gasteiger partial charge in [-0.05, 0) is 65.1 Å². The molecule has 3 aromatic rings. The van der Waals surface area contributed by atoms with Gasteiger partial charge in [0.2, 0.25) is 0 Å². The van der Waals surface area contributed by atoms with Crippen LogP contribution in [-0.2, 0) is 0 Å². The summed E-state index contributed by atoms with van der Waals surface area (Å²) in [5, 5.41) is 13.0. The van der Waals surface area contributed by atoms with Gasteiger partial charge in [-0.25, -0.2) is 4.98 Å². The van der Waals surface area contributed by atoms with Gasteiger partial charge in [0.05, 0.1) is 0 Å². The number of fused-ring (bicyclic) bond motifs is 1. The van der Waals surface area contributed by atoms with Crippen molar-refractivity contribution in [2.24, 2.45) is 0 Å². The Bertz CT molecular complexity index is 1020. The number of hydrogen-bond acceptors (Lipinski definition) is 5. The zero-order valence-electron chi connectivity index (χ0n) is 17.0. The largest absolute Gasteiger partial charge is 0.508 e. The lowest BCUT2D eigenvalue weighted by atomic mass is 9.88. The van der Waals surface area contributed by atoms with Crippen LogP contribution in [0.4, 0.5) is 5.82 Å². The van der Waals surface area contributed by atoms with Crippen molar-refractivity contribution in [3.63, 3.8) is 0 Å². The van der Waals surface area contributed by atoms with Crippen molar-refractivity contribution >= 4 is 27.4 Å². The Hall–Kier alpha value is -2.38. The summed E-state index contributed by atoms with van der Waals surface area (Å²) in [5.41, 5.74) is 1.70. The van der Waals surface area contributed by atoms with Crippen LogP contribution in [0.15, 0.2) is 57.9 Å². The van der Waals surface area contributed by atoms with Crippen LogP contribution in [0, 0.1) is 0 Å². The first-order valence-corrected chi connectivity index (χ1v) is 10.7. The highest BCUT2D eigenvalue weighted by atomic mass is 79.9. The molecule has 0 bridgehead atoms. The fraction of sp³-hybridized carbons (Fsp3) is 0.364. The second-order valence-electron chi connectivity index (χ2n) is 7.10. The van der Waals surface area contributed by atoms with E-state index in [0.717, 1.165) is 19.5 Å². The third-order valence-corrected chi connectivity index (χ3v) is 5.73. The number of halogens is 1. The Kier molecular flexibility index (Phi) is 6.92. The molecule has 1 aliphatic heterocycles. The van der Waals surface area contributed by atoms with E-state index in [-0.39, 0.29) is 17.4 Å². The number of likely N-dealkylation sites (N-methyl/N-ethyl adjacent to an activating group) is 1. The van der Waals surface area contributed by atoms with E-state index in [2.05, 4.69) is 38.2 Å². The summed E-state index contributed by atoms with van der Waals surface area (Å²) in [4.78, 5) is 19.5. The average molecular weight is 459 g/mol. The number of aromatic nitrogens is 2. The first-order valence-electron chi connectivity index (χ1n) is 9.92. The first kappa shape index (κ1) is 21.3. The van der Waals surface area contributed by atoms with Crippen LogP contribution in [0.1, 0.15) is 31.7 Å². The summed E-state index contributed by atoms with van der Waals surface area (Å²) < 4.78 is 1.97. The summed E-state index contributed by atoms with van der Waals surface area (Å²) in [5.74, 6) is 1.21. The van der Waals surface area contributed by atoms with Crippen LogP contribution in [-0.4, -0.2) is 45.6 Å². The molecule has 0 saturated carbocycles. The third-order valence-electron chi connectivity index (χ3n) is 5.02. The summed E-state index contributed by atoms with van der Waals surface area (Å²) >= 11 is 3.41. The second kappa shape index (κ2) is 9.41. The van der Waals surface area contributed by atoms with Gasteiger partial charge in [-0.2, -0.15) is 0 Å². The molecular formula is C22H27BrN4O2. The highest BCUT2D eigenvalue weighted by Gasteiger charge is 2.27. The first-order chi connectivity index (χ1) is 14.0. The van der Waals surface area contributed by atoms with Crippen molar-refractivity contribution < 1.29 is 5.11 Å². The molecule has 1 unspecified atom stereocenters. The van der Waals surface area contributed by atoms with E-state index in [1.807, 2.05) is 44.2 Å². The molecule has 2 aromatic heterocycles. The second-order valence-corrected chi connectivity index (χ2v) is 7.89. The molecule has 7 heteroatoms. The number of likely N-dealkylation sites (tertiary alicyclic amines) is 1. The Balaban J connectivity index is 0.00000117. The van der Waals surface area contributed by atoms with E-state index < -0.39 is 0 Å². The lowest BCUT2D eigenvalue weighted by molar-refractivity contribution is 0.235. The Morgan fingerprint density at radius 1 is 1.14 bits per heavy atom. The molecule has 4 rings (SSSR count). The maximum absolute atomic E-state index is 12.6. The lowest BCUT2D eigenvalue weighted by Crippen LogP contribution is -2.43. The number of phenolic OH excluding ortho intramolecular Hbond substituents is 1. The minimum absolute atomic E-state index is 0.123. The average Bonchev–Trinajstić information content (AvgIpc) is 2.73. The molecule has 154 valence electrons. The molecule has 0 amide bonds. The molecule has 1 fully saturated rings. The van der Waals surface area contributed by atoms with Crippen molar-refractivity contribution in [3.05, 3.63) is 69.1 Å². The molecule has 1 saturated heterocycles. The number of phenols is 1. The van der Waals surface area contributed by atoms with Gasteiger partial charge < -0.3 is 15.3 Å². The minimum atomic E-state index is -0.123. The number of nitrogens with zero attached hydrogens (tertiary/aromatic N) is 3. The number of piperidine rings is 1. The highest BCUT2D eigenvalue weighted by Crippen LogP contribution is 2.29. The predicted molar refractivity (Wildman–Crippen MR) is 121 cm³/mol. The smallest absolute Gasteiger partial charge is 0.274 e.